The van der Waals surface area contributed by atoms with Crippen LogP contribution in [0.15, 0.2) is 40.1 Å². The van der Waals surface area contributed by atoms with Crippen LogP contribution in [0.4, 0.5) is 0 Å². The third kappa shape index (κ3) is 3.15. The summed E-state index contributed by atoms with van der Waals surface area (Å²) < 4.78 is 5.75. The lowest BCUT2D eigenvalue weighted by Crippen LogP contribution is -2.32. The Labute approximate surface area is 107 Å². The topological polar surface area (TPSA) is 94.1 Å². The van der Waals surface area contributed by atoms with E-state index in [0.29, 0.717) is 5.56 Å². The first-order valence-electron chi connectivity index (χ1n) is 5.46. The summed E-state index contributed by atoms with van der Waals surface area (Å²) in [6.07, 6.45) is 0.932. The van der Waals surface area contributed by atoms with Crippen LogP contribution in [0.5, 0.6) is 0 Å². The number of hydrogen-bond donors (Lipinski definition) is 1. The summed E-state index contributed by atoms with van der Waals surface area (Å²) in [6, 6.07) is 6.81. The molecule has 98 valence electrons. The highest BCUT2D eigenvalue weighted by atomic mass is 16.5. The van der Waals surface area contributed by atoms with E-state index in [-0.39, 0.29) is 6.73 Å². The van der Waals surface area contributed by atoms with Crippen LogP contribution in [-0.4, -0.2) is 20.7 Å². The lowest BCUT2D eigenvalue weighted by molar-refractivity contribution is 0.0336. The molecule has 1 heterocycles. The zero-order valence-electron chi connectivity index (χ0n) is 10.1. The van der Waals surface area contributed by atoms with Crippen molar-refractivity contribution in [2.45, 2.75) is 13.7 Å². The van der Waals surface area contributed by atoms with E-state index in [2.05, 4.69) is 5.10 Å². The maximum Gasteiger partial charge on any atom is 0.347 e. The molecule has 0 aliphatic heterocycles. The molecule has 2 aromatic rings. The van der Waals surface area contributed by atoms with Crippen LogP contribution < -0.4 is 11.2 Å². The Morgan fingerprint density at radius 1 is 1.32 bits per heavy atom. The molecule has 0 aliphatic rings. The number of H-pyrrole nitrogens is 1. The molecule has 0 radical (unpaired) electrons. The van der Waals surface area contributed by atoms with Crippen molar-refractivity contribution in [3.63, 3.8) is 0 Å². The summed E-state index contributed by atoms with van der Waals surface area (Å²) in [5.41, 5.74) is 0.0634. The van der Waals surface area contributed by atoms with Gasteiger partial charge in [0.05, 0.1) is 5.56 Å². The number of aryl methyl sites for hydroxylation is 1. The van der Waals surface area contributed by atoms with E-state index in [9.17, 15) is 14.4 Å². The Bertz CT molecular complexity index is 700. The second-order valence-electron chi connectivity index (χ2n) is 3.87. The predicted octanol–water partition coefficient (Wildman–Crippen LogP) is 0.0545. The lowest BCUT2D eigenvalue weighted by Gasteiger charge is -2.05. The molecule has 0 atom stereocenters. The van der Waals surface area contributed by atoms with Crippen molar-refractivity contribution in [1.29, 1.82) is 0 Å². The van der Waals surface area contributed by atoms with Crippen LogP contribution in [-0.2, 0) is 11.5 Å². The Morgan fingerprint density at radius 3 is 2.63 bits per heavy atom. The second kappa shape index (κ2) is 5.30. The van der Waals surface area contributed by atoms with Crippen molar-refractivity contribution in [3.05, 3.63) is 62.4 Å². The van der Waals surface area contributed by atoms with Crippen molar-refractivity contribution in [2.75, 3.05) is 0 Å². The van der Waals surface area contributed by atoms with Crippen LogP contribution in [0, 0.1) is 6.92 Å². The van der Waals surface area contributed by atoms with Crippen molar-refractivity contribution in [2.24, 2.45) is 0 Å². The molecule has 0 saturated heterocycles. The fraction of sp³-hybridized carbons (Fsp3) is 0.167. The van der Waals surface area contributed by atoms with Crippen LogP contribution >= 0.6 is 0 Å². The molecule has 2 rings (SSSR count). The third-order valence-electron chi connectivity index (χ3n) is 2.38. The van der Waals surface area contributed by atoms with Gasteiger partial charge < -0.3 is 4.74 Å². The summed E-state index contributed by atoms with van der Waals surface area (Å²) in [7, 11) is 0. The third-order valence-corrected chi connectivity index (χ3v) is 2.38. The molecule has 1 N–H and O–H groups in total. The van der Waals surface area contributed by atoms with Gasteiger partial charge in [0, 0.05) is 0 Å². The monoisotopic (exact) mass is 261 g/mol. The Balaban J connectivity index is 2.06. The summed E-state index contributed by atoms with van der Waals surface area (Å²) in [6.45, 7) is 1.54. The fourth-order valence-corrected chi connectivity index (χ4v) is 1.36. The number of carbonyl (C=O) groups is 1. The van der Waals surface area contributed by atoms with E-state index in [0.717, 1.165) is 16.4 Å². The highest BCUT2D eigenvalue weighted by Gasteiger charge is 2.07. The smallest absolute Gasteiger partial charge is 0.347 e. The van der Waals surface area contributed by atoms with Gasteiger partial charge in [-0.1, -0.05) is 17.7 Å². The number of carbonyl (C=O) groups excluding carboxylic acids is 1. The first-order valence-corrected chi connectivity index (χ1v) is 5.46. The minimum Gasteiger partial charge on any atom is -0.439 e. The standard InChI is InChI=1S/C12H11N3O4/c1-8-2-4-9(5-3-8)11(17)19-7-15-12(18)14-10(16)6-13-15/h2-6H,7H2,1H3,(H,14,16,18). The zero-order valence-corrected chi connectivity index (χ0v) is 10.1. The molecule has 0 fully saturated rings. The molecule has 7 heteroatoms. The van der Waals surface area contributed by atoms with Crippen LogP contribution in [0.1, 0.15) is 15.9 Å². The first-order chi connectivity index (χ1) is 9.06. The molecular weight excluding hydrogens is 250 g/mol. The number of nitrogens with one attached hydrogen (secondary N) is 1. The second-order valence-corrected chi connectivity index (χ2v) is 3.87. The minimum absolute atomic E-state index is 0.359. The lowest BCUT2D eigenvalue weighted by atomic mass is 10.2. The van der Waals surface area contributed by atoms with E-state index >= 15 is 0 Å². The van der Waals surface area contributed by atoms with Gasteiger partial charge in [-0.3, -0.25) is 9.78 Å². The molecule has 1 aromatic carbocycles. The number of nitrogens with zero attached hydrogens (tertiary/aromatic N) is 2. The first kappa shape index (κ1) is 12.7. The molecule has 0 unspecified atom stereocenters. The van der Waals surface area contributed by atoms with Gasteiger partial charge in [-0.2, -0.15) is 9.78 Å². The Kier molecular flexibility index (Phi) is 3.56. The average molecular weight is 261 g/mol. The van der Waals surface area contributed by atoms with Crippen molar-refractivity contribution in [1.82, 2.24) is 14.8 Å². The molecule has 0 saturated carbocycles. The quantitative estimate of drug-likeness (QED) is 0.788. The number of aromatic nitrogens is 3. The predicted molar refractivity (Wildman–Crippen MR) is 65.7 cm³/mol. The highest BCUT2D eigenvalue weighted by molar-refractivity contribution is 5.89. The number of rotatable bonds is 3. The summed E-state index contributed by atoms with van der Waals surface area (Å²) in [4.78, 5) is 35.8. The number of benzene rings is 1. The van der Waals surface area contributed by atoms with E-state index < -0.39 is 17.2 Å². The molecule has 0 bridgehead atoms. The maximum atomic E-state index is 11.7. The molecule has 19 heavy (non-hydrogen) atoms. The van der Waals surface area contributed by atoms with E-state index in [1.165, 1.54) is 0 Å². The van der Waals surface area contributed by atoms with Crippen molar-refractivity contribution >= 4 is 5.97 Å². The Morgan fingerprint density at radius 2 is 2.00 bits per heavy atom. The van der Waals surface area contributed by atoms with Gasteiger partial charge in [-0.05, 0) is 19.1 Å². The fourth-order valence-electron chi connectivity index (χ4n) is 1.36. The molecule has 0 spiro atoms. The van der Waals surface area contributed by atoms with Crippen LogP contribution in [0.25, 0.3) is 0 Å². The van der Waals surface area contributed by atoms with Crippen molar-refractivity contribution < 1.29 is 9.53 Å². The van der Waals surface area contributed by atoms with Crippen molar-refractivity contribution in [3.8, 4) is 0 Å². The molecule has 7 nitrogen and oxygen atoms in total. The SMILES string of the molecule is Cc1ccc(C(=O)OCn2ncc(=O)[nH]c2=O)cc1. The van der Waals surface area contributed by atoms with Crippen LogP contribution in [0.3, 0.4) is 0 Å². The summed E-state index contributed by atoms with van der Waals surface area (Å²) in [5.74, 6) is -0.570. The number of hydrogen-bond acceptors (Lipinski definition) is 5. The molecule has 0 aliphatic carbocycles. The zero-order chi connectivity index (χ0) is 13.8. The summed E-state index contributed by atoms with van der Waals surface area (Å²) in [5, 5.41) is 3.54. The van der Waals surface area contributed by atoms with Gasteiger partial charge in [-0.25, -0.2) is 9.59 Å². The minimum atomic E-state index is -0.732. The maximum absolute atomic E-state index is 11.7. The number of esters is 1. The largest absolute Gasteiger partial charge is 0.439 e. The molecular formula is C12H11N3O4. The van der Waals surface area contributed by atoms with E-state index in [1.807, 2.05) is 11.9 Å². The number of ether oxygens (including phenoxy) is 1. The number of aromatic amines is 1. The molecule has 1 aromatic heterocycles. The highest BCUT2D eigenvalue weighted by Crippen LogP contribution is 2.04. The molecule has 0 amide bonds. The van der Waals surface area contributed by atoms with E-state index in [4.69, 9.17) is 4.74 Å². The van der Waals surface area contributed by atoms with Gasteiger partial charge in [0.15, 0.2) is 6.73 Å². The summed E-state index contributed by atoms with van der Waals surface area (Å²) >= 11 is 0. The van der Waals surface area contributed by atoms with Gasteiger partial charge in [-0.15, -0.1) is 0 Å². The normalized spacial score (nSPS) is 10.2. The van der Waals surface area contributed by atoms with Gasteiger partial charge in [0.1, 0.15) is 6.20 Å². The average Bonchev–Trinajstić information content (AvgIpc) is 2.38. The van der Waals surface area contributed by atoms with Gasteiger partial charge in [0.25, 0.3) is 5.56 Å². The van der Waals surface area contributed by atoms with E-state index in [1.54, 1.807) is 24.3 Å². The van der Waals surface area contributed by atoms with Crippen LogP contribution in [0.2, 0.25) is 0 Å². The van der Waals surface area contributed by atoms with Gasteiger partial charge >= 0.3 is 11.7 Å². The Hall–Kier alpha value is -2.70. The van der Waals surface area contributed by atoms with Gasteiger partial charge in [0.2, 0.25) is 0 Å².